The molecule has 0 rings (SSSR count). The van der Waals surface area contributed by atoms with Gasteiger partial charge in [0.05, 0.1) is 12.8 Å². The zero-order chi connectivity index (χ0) is 14.4. The van der Waals surface area contributed by atoms with E-state index in [9.17, 15) is 9.59 Å². The first kappa shape index (κ1) is 16.7. The van der Waals surface area contributed by atoms with E-state index in [-0.39, 0.29) is 24.8 Å². The van der Waals surface area contributed by atoms with Gasteiger partial charge in [0.2, 0.25) is 0 Å². The number of carbonyl (C=O) groups excluding carboxylic acids is 2. The molecular formula is C14H24O4. The summed E-state index contributed by atoms with van der Waals surface area (Å²) < 4.78 is 10.2. The quantitative estimate of drug-likeness (QED) is 0.573. The summed E-state index contributed by atoms with van der Waals surface area (Å²) in [4.78, 5) is 22.7. The molecule has 0 radical (unpaired) electrons. The van der Waals surface area contributed by atoms with Crippen molar-refractivity contribution >= 4 is 11.9 Å². The van der Waals surface area contributed by atoms with E-state index >= 15 is 0 Å². The molecule has 4 heteroatoms. The topological polar surface area (TPSA) is 52.6 Å². The zero-order valence-corrected chi connectivity index (χ0v) is 12.2. The van der Waals surface area contributed by atoms with Crippen LogP contribution in [0.15, 0.2) is 12.2 Å². The van der Waals surface area contributed by atoms with Gasteiger partial charge in [-0.25, -0.2) is 0 Å². The Labute approximate surface area is 109 Å². The van der Waals surface area contributed by atoms with Gasteiger partial charge in [0.1, 0.15) is 11.2 Å². The van der Waals surface area contributed by atoms with E-state index in [1.165, 1.54) is 0 Å². The van der Waals surface area contributed by atoms with Crippen molar-refractivity contribution in [3.05, 3.63) is 12.2 Å². The summed E-state index contributed by atoms with van der Waals surface area (Å²) in [7, 11) is 0. The largest absolute Gasteiger partial charge is 0.460 e. The average Bonchev–Trinajstić information content (AvgIpc) is 2.06. The summed E-state index contributed by atoms with van der Waals surface area (Å²) in [5.74, 6) is -0.606. The van der Waals surface area contributed by atoms with Crippen LogP contribution in [0.1, 0.15) is 54.4 Å². The third kappa shape index (κ3) is 11.2. The van der Waals surface area contributed by atoms with Crippen molar-refractivity contribution in [2.45, 2.75) is 65.6 Å². The number of ether oxygens (including phenoxy) is 2. The Morgan fingerprint density at radius 2 is 1.06 bits per heavy atom. The molecule has 0 aromatic heterocycles. The van der Waals surface area contributed by atoms with E-state index in [1.54, 1.807) is 12.2 Å². The standard InChI is InChI=1S/C14H24O4/c1-13(2,3)17-11(15)9-7-8-10-12(16)18-14(4,5)6/h7-8H,9-10H2,1-6H3/b8-7-. The van der Waals surface area contributed by atoms with E-state index in [1.807, 2.05) is 41.5 Å². The number of esters is 2. The van der Waals surface area contributed by atoms with Gasteiger partial charge in [0.25, 0.3) is 0 Å². The molecule has 0 N–H and O–H groups in total. The Morgan fingerprint density at radius 3 is 1.28 bits per heavy atom. The van der Waals surface area contributed by atoms with Gasteiger partial charge in [0.15, 0.2) is 0 Å². The molecule has 0 atom stereocenters. The van der Waals surface area contributed by atoms with Crippen molar-refractivity contribution in [3.8, 4) is 0 Å². The maximum absolute atomic E-state index is 11.3. The summed E-state index contributed by atoms with van der Waals surface area (Å²) in [5.41, 5.74) is -0.952. The Kier molecular flexibility index (Phi) is 6.09. The second-order valence-corrected chi connectivity index (χ2v) is 6.05. The zero-order valence-electron chi connectivity index (χ0n) is 12.2. The van der Waals surface area contributed by atoms with Gasteiger partial charge in [-0.15, -0.1) is 0 Å². The second-order valence-electron chi connectivity index (χ2n) is 6.05. The van der Waals surface area contributed by atoms with Gasteiger partial charge in [-0.1, -0.05) is 12.2 Å². The number of rotatable bonds is 4. The predicted molar refractivity (Wildman–Crippen MR) is 70.1 cm³/mol. The highest BCUT2D eigenvalue weighted by atomic mass is 16.6. The fourth-order valence-electron chi connectivity index (χ4n) is 1.13. The van der Waals surface area contributed by atoms with Gasteiger partial charge in [0, 0.05) is 0 Å². The summed E-state index contributed by atoms with van der Waals surface area (Å²) in [6.45, 7) is 10.9. The lowest BCUT2D eigenvalue weighted by Crippen LogP contribution is -2.23. The normalized spacial score (nSPS) is 12.6. The minimum Gasteiger partial charge on any atom is -0.460 e. The first-order chi connectivity index (χ1) is 7.99. The predicted octanol–water partition coefficient (Wildman–Crippen LogP) is 3.01. The van der Waals surface area contributed by atoms with Gasteiger partial charge >= 0.3 is 11.9 Å². The summed E-state index contributed by atoms with van der Waals surface area (Å²) in [5, 5.41) is 0. The highest BCUT2D eigenvalue weighted by molar-refractivity contribution is 5.73. The van der Waals surface area contributed by atoms with Crippen LogP contribution in [-0.2, 0) is 19.1 Å². The van der Waals surface area contributed by atoms with Crippen molar-refractivity contribution in [1.82, 2.24) is 0 Å². The molecule has 0 saturated heterocycles. The van der Waals surface area contributed by atoms with Gasteiger partial charge in [-0.3, -0.25) is 9.59 Å². The van der Waals surface area contributed by atoms with Crippen LogP contribution >= 0.6 is 0 Å². The Hall–Kier alpha value is -1.32. The van der Waals surface area contributed by atoms with Crippen LogP contribution in [0.3, 0.4) is 0 Å². The molecule has 104 valence electrons. The van der Waals surface area contributed by atoms with E-state index < -0.39 is 11.2 Å². The number of hydrogen-bond donors (Lipinski definition) is 0. The van der Waals surface area contributed by atoms with Crippen molar-refractivity contribution < 1.29 is 19.1 Å². The molecule has 0 saturated carbocycles. The summed E-state index contributed by atoms with van der Waals surface area (Å²) in [6.07, 6.45) is 3.58. The molecule has 0 aromatic rings. The molecule has 4 nitrogen and oxygen atoms in total. The maximum Gasteiger partial charge on any atom is 0.310 e. The molecule has 0 aliphatic heterocycles. The molecule has 0 fully saturated rings. The van der Waals surface area contributed by atoms with Crippen LogP contribution < -0.4 is 0 Å². The van der Waals surface area contributed by atoms with Gasteiger partial charge in [-0.05, 0) is 41.5 Å². The Balaban J connectivity index is 3.92. The average molecular weight is 256 g/mol. The lowest BCUT2D eigenvalue weighted by atomic mass is 10.2. The van der Waals surface area contributed by atoms with Gasteiger partial charge in [-0.2, -0.15) is 0 Å². The molecule has 0 spiro atoms. The Bertz CT molecular complexity index is 284. The lowest BCUT2D eigenvalue weighted by Gasteiger charge is -2.19. The molecule has 0 aliphatic rings. The first-order valence-electron chi connectivity index (χ1n) is 6.08. The third-order valence-electron chi connectivity index (χ3n) is 1.58. The van der Waals surface area contributed by atoms with Crippen molar-refractivity contribution in [3.63, 3.8) is 0 Å². The molecule has 0 unspecified atom stereocenters. The molecule has 0 aliphatic carbocycles. The van der Waals surface area contributed by atoms with Crippen molar-refractivity contribution in [1.29, 1.82) is 0 Å². The summed E-state index contributed by atoms with van der Waals surface area (Å²) in [6, 6.07) is 0. The van der Waals surface area contributed by atoms with Crippen LogP contribution in [0.4, 0.5) is 0 Å². The van der Waals surface area contributed by atoms with E-state index in [2.05, 4.69) is 0 Å². The molecular weight excluding hydrogens is 232 g/mol. The minimum atomic E-state index is -0.476. The smallest absolute Gasteiger partial charge is 0.310 e. The van der Waals surface area contributed by atoms with Crippen molar-refractivity contribution in [2.75, 3.05) is 0 Å². The third-order valence-corrected chi connectivity index (χ3v) is 1.58. The molecule has 0 heterocycles. The van der Waals surface area contributed by atoms with Gasteiger partial charge < -0.3 is 9.47 Å². The highest BCUT2D eigenvalue weighted by Crippen LogP contribution is 2.10. The molecule has 0 aromatic carbocycles. The van der Waals surface area contributed by atoms with Crippen LogP contribution in [0.5, 0.6) is 0 Å². The Morgan fingerprint density at radius 1 is 0.778 bits per heavy atom. The van der Waals surface area contributed by atoms with Crippen LogP contribution in [-0.4, -0.2) is 23.1 Å². The first-order valence-corrected chi connectivity index (χ1v) is 6.08. The van der Waals surface area contributed by atoms with E-state index in [0.717, 1.165) is 0 Å². The van der Waals surface area contributed by atoms with Crippen LogP contribution in [0.25, 0.3) is 0 Å². The molecule has 0 bridgehead atoms. The van der Waals surface area contributed by atoms with E-state index in [0.29, 0.717) is 0 Å². The van der Waals surface area contributed by atoms with E-state index in [4.69, 9.17) is 9.47 Å². The molecule has 18 heavy (non-hydrogen) atoms. The maximum atomic E-state index is 11.3. The monoisotopic (exact) mass is 256 g/mol. The SMILES string of the molecule is CC(C)(C)OC(=O)C/C=C\CC(=O)OC(C)(C)C. The van der Waals surface area contributed by atoms with Crippen LogP contribution in [0.2, 0.25) is 0 Å². The highest BCUT2D eigenvalue weighted by Gasteiger charge is 2.16. The minimum absolute atomic E-state index is 0.167. The number of carbonyl (C=O) groups is 2. The van der Waals surface area contributed by atoms with Crippen molar-refractivity contribution in [2.24, 2.45) is 0 Å². The fraction of sp³-hybridized carbons (Fsp3) is 0.714. The molecule has 0 amide bonds. The summed E-state index contributed by atoms with van der Waals surface area (Å²) >= 11 is 0. The van der Waals surface area contributed by atoms with Crippen LogP contribution in [0, 0.1) is 0 Å². The lowest BCUT2D eigenvalue weighted by molar-refractivity contribution is -0.155. The number of hydrogen-bond acceptors (Lipinski definition) is 4. The second kappa shape index (κ2) is 6.57. The fourth-order valence-corrected chi connectivity index (χ4v) is 1.13.